The molecule has 1 aromatic carbocycles. The summed E-state index contributed by atoms with van der Waals surface area (Å²) in [5.41, 5.74) is 2.92. The molecule has 0 radical (unpaired) electrons. The number of nitrogens with zero attached hydrogens (tertiary/aromatic N) is 1. The molecule has 7 nitrogen and oxygen atoms in total. The molecule has 0 aromatic heterocycles. The Morgan fingerprint density at radius 3 is 2.50 bits per heavy atom. The van der Waals surface area contributed by atoms with Crippen LogP contribution in [0.25, 0.3) is 0 Å². The van der Waals surface area contributed by atoms with Crippen LogP contribution in [0.5, 0.6) is 0 Å². The number of nitrogens with one attached hydrogen (secondary N) is 2. The fourth-order valence-electron chi connectivity index (χ4n) is 3.67. The Morgan fingerprint density at radius 2 is 1.91 bits per heavy atom. The monoisotopic (exact) mass is 511 g/mol. The van der Waals surface area contributed by atoms with Gasteiger partial charge in [0.05, 0.1) is 22.4 Å². The molecule has 11 heteroatoms. The van der Waals surface area contributed by atoms with E-state index in [4.69, 9.17) is 16.3 Å². The minimum Gasteiger partial charge on any atom is -0.443 e. The van der Waals surface area contributed by atoms with E-state index in [1.165, 1.54) is 22.8 Å². The number of thioether (sulfide) groups is 1. The van der Waals surface area contributed by atoms with Gasteiger partial charge in [0.1, 0.15) is 11.3 Å². The average Bonchev–Trinajstić information content (AvgIpc) is 3.12. The molecule has 1 aliphatic heterocycles. The highest BCUT2D eigenvalue weighted by molar-refractivity contribution is 8.03. The summed E-state index contributed by atoms with van der Waals surface area (Å²) in [5, 5.41) is 4.25. The van der Waals surface area contributed by atoms with Crippen LogP contribution in [0, 0.1) is 5.92 Å². The van der Waals surface area contributed by atoms with Crippen LogP contribution in [0.15, 0.2) is 46.5 Å². The van der Waals surface area contributed by atoms with Crippen LogP contribution >= 0.6 is 23.4 Å². The lowest BCUT2D eigenvalue weighted by atomic mass is 9.86. The molecular weight excluding hydrogens is 488 g/mol. The number of carbonyl (C=O) groups is 3. The van der Waals surface area contributed by atoms with Gasteiger partial charge in [-0.2, -0.15) is 0 Å². The number of rotatable bonds is 5. The molecule has 2 amide bonds. The highest BCUT2D eigenvalue weighted by atomic mass is 35.5. The maximum Gasteiger partial charge on any atom is 0.426 e. The van der Waals surface area contributed by atoms with Gasteiger partial charge in [-0.3, -0.25) is 14.6 Å². The van der Waals surface area contributed by atoms with E-state index < -0.39 is 41.9 Å². The summed E-state index contributed by atoms with van der Waals surface area (Å²) >= 11 is 7.12. The molecule has 4 rings (SSSR count). The molecular formula is C23H24ClF2N3O4S. The quantitative estimate of drug-likeness (QED) is 0.616. The van der Waals surface area contributed by atoms with Crippen LogP contribution in [0.2, 0.25) is 5.02 Å². The van der Waals surface area contributed by atoms with Crippen molar-refractivity contribution in [3.05, 3.63) is 57.1 Å². The summed E-state index contributed by atoms with van der Waals surface area (Å²) in [4.78, 5) is 39.0. The summed E-state index contributed by atoms with van der Waals surface area (Å²) in [6.07, 6.45) is 0.635. The Balaban J connectivity index is 1.61. The van der Waals surface area contributed by atoms with Crippen LogP contribution in [-0.2, 0) is 20.7 Å². The Morgan fingerprint density at radius 1 is 1.26 bits per heavy atom. The first-order valence-electron chi connectivity index (χ1n) is 10.7. The van der Waals surface area contributed by atoms with Gasteiger partial charge in [-0.05, 0) is 44.9 Å². The van der Waals surface area contributed by atoms with Gasteiger partial charge >= 0.3 is 6.09 Å². The van der Waals surface area contributed by atoms with Crippen molar-refractivity contribution in [3.63, 3.8) is 0 Å². The first kappa shape index (κ1) is 24.5. The number of amides is 2. The molecule has 2 N–H and O–H groups in total. The number of ketones is 1. The average molecular weight is 512 g/mol. The third-order valence-corrected chi connectivity index (χ3v) is 6.72. The van der Waals surface area contributed by atoms with Crippen molar-refractivity contribution >= 4 is 41.1 Å². The topological polar surface area (TPSA) is 87.7 Å². The predicted octanol–water partition coefficient (Wildman–Crippen LogP) is 4.19. The van der Waals surface area contributed by atoms with Crippen molar-refractivity contribution in [3.8, 4) is 0 Å². The Bertz CT molecular complexity index is 1100. The molecule has 3 aliphatic rings. The zero-order valence-corrected chi connectivity index (χ0v) is 20.4. The molecule has 0 bridgehead atoms. The zero-order valence-electron chi connectivity index (χ0n) is 18.8. The van der Waals surface area contributed by atoms with Gasteiger partial charge in [-0.15, -0.1) is 0 Å². The van der Waals surface area contributed by atoms with Crippen LogP contribution < -0.4 is 10.7 Å². The van der Waals surface area contributed by atoms with Gasteiger partial charge < -0.3 is 10.1 Å². The second-order valence-electron chi connectivity index (χ2n) is 9.37. The van der Waals surface area contributed by atoms with Crippen molar-refractivity contribution in [1.29, 1.82) is 0 Å². The van der Waals surface area contributed by atoms with Crippen molar-refractivity contribution in [2.24, 2.45) is 5.92 Å². The highest BCUT2D eigenvalue weighted by Gasteiger charge is 2.58. The molecule has 1 unspecified atom stereocenters. The second-order valence-corrected chi connectivity index (χ2v) is 10.8. The highest BCUT2D eigenvalue weighted by Crippen LogP contribution is 2.44. The maximum atomic E-state index is 13.4. The molecule has 2 atom stereocenters. The van der Waals surface area contributed by atoms with E-state index in [2.05, 4.69) is 10.7 Å². The Labute approximate surface area is 204 Å². The number of hydrogen-bond acceptors (Lipinski definition) is 6. The van der Waals surface area contributed by atoms with E-state index in [1.807, 2.05) is 0 Å². The molecule has 1 heterocycles. The van der Waals surface area contributed by atoms with Gasteiger partial charge in [-0.25, -0.2) is 19.0 Å². The van der Waals surface area contributed by atoms with E-state index >= 15 is 0 Å². The number of Topliss-reactive ketones (excluding diaryl/α,β-unsaturated/α-hetero) is 1. The van der Waals surface area contributed by atoms with Crippen LogP contribution in [0.4, 0.5) is 13.6 Å². The van der Waals surface area contributed by atoms with Crippen molar-refractivity contribution in [1.82, 2.24) is 15.8 Å². The lowest BCUT2D eigenvalue weighted by Crippen LogP contribution is -2.45. The molecule has 0 saturated heterocycles. The molecule has 0 spiro atoms. The van der Waals surface area contributed by atoms with E-state index in [0.29, 0.717) is 9.93 Å². The lowest BCUT2D eigenvalue weighted by molar-refractivity contribution is -0.120. The van der Waals surface area contributed by atoms with Gasteiger partial charge in [0.15, 0.2) is 5.78 Å². The summed E-state index contributed by atoms with van der Waals surface area (Å²) < 4.78 is 32.1. The molecule has 34 heavy (non-hydrogen) atoms. The van der Waals surface area contributed by atoms with E-state index in [9.17, 15) is 23.2 Å². The minimum absolute atomic E-state index is 0.144. The largest absolute Gasteiger partial charge is 0.443 e. The third-order valence-electron chi connectivity index (χ3n) is 5.38. The summed E-state index contributed by atoms with van der Waals surface area (Å²) in [6, 6.07) is 5.72. The number of halogens is 3. The fraction of sp³-hybridized carbons (Fsp3) is 0.435. The van der Waals surface area contributed by atoms with Crippen molar-refractivity contribution in [2.45, 2.75) is 51.2 Å². The number of allylic oxidation sites excluding steroid dienone is 2. The number of alkyl halides is 2. The molecule has 1 saturated carbocycles. The second kappa shape index (κ2) is 8.88. The fourth-order valence-corrected chi connectivity index (χ4v) is 4.91. The van der Waals surface area contributed by atoms with E-state index in [1.54, 1.807) is 45.0 Å². The van der Waals surface area contributed by atoms with Gasteiger partial charge in [0, 0.05) is 17.4 Å². The smallest absolute Gasteiger partial charge is 0.426 e. The molecule has 182 valence electrons. The summed E-state index contributed by atoms with van der Waals surface area (Å²) in [5.74, 6) is -4.46. The normalized spacial score (nSPS) is 23.3. The Kier molecular flexibility index (Phi) is 6.41. The number of ether oxygens (including phenoxy) is 1. The number of hydrogen-bond donors (Lipinski definition) is 2. The minimum atomic E-state index is -2.92. The maximum absolute atomic E-state index is 13.4. The van der Waals surface area contributed by atoms with Gasteiger partial charge in [0.2, 0.25) is 0 Å². The molecule has 2 aliphatic carbocycles. The zero-order chi connectivity index (χ0) is 24.8. The third kappa shape index (κ3) is 5.38. The SMILES string of the molecule is CC(C)(C)OC(=O)NN1CSC2=C1C(=O)C(Cc1ccc(Cl)cc1)C=C2C(=O)N[C@@H]1CC1(F)F. The number of carbonyl (C=O) groups excluding carboxylic acids is 3. The summed E-state index contributed by atoms with van der Waals surface area (Å²) in [6.45, 7) is 5.13. The predicted molar refractivity (Wildman–Crippen MR) is 124 cm³/mol. The van der Waals surface area contributed by atoms with Gasteiger partial charge in [0.25, 0.3) is 11.8 Å². The summed E-state index contributed by atoms with van der Waals surface area (Å²) in [7, 11) is 0. The first-order chi connectivity index (χ1) is 15.8. The van der Waals surface area contributed by atoms with Crippen molar-refractivity contribution in [2.75, 3.05) is 5.88 Å². The standard InChI is InChI=1S/C23H24ClF2N3O4S/c1-22(2,3)33-21(32)28-29-11-34-19-15(20(31)27-16-10-23(16,25)26)9-13(18(30)17(19)29)8-12-4-6-14(24)7-5-12/h4-7,9,13,16H,8,10-11H2,1-3H3,(H,27,31)(H,28,32)/t13?,16-/m1/s1. The van der Waals surface area contributed by atoms with E-state index in [-0.39, 0.29) is 29.4 Å². The van der Waals surface area contributed by atoms with Gasteiger partial charge in [-0.1, -0.05) is 41.6 Å². The number of hydrazine groups is 1. The Hall–Kier alpha value is -2.59. The molecule has 1 fully saturated rings. The van der Waals surface area contributed by atoms with Crippen LogP contribution in [0.3, 0.4) is 0 Å². The first-order valence-corrected chi connectivity index (χ1v) is 12.0. The molecule has 1 aromatic rings. The van der Waals surface area contributed by atoms with E-state index in [0.717, 1.165) is 5.56 Å². The lowest BCUT2D eigenvalue weighted by Gasteiger charge is -2.28. The van der Waals surface area contributed by atoms with Crippen molar-refractivity contribution < 1.29 is 27.9 Å². The van der Waals surface area contributed by atoms with Crippen LogP contribution in [0.1, 0.15) is 32.8 Å². The number of benzene rings is 1. The van der Waals surface area contributed by atoms with Crippen LogP contribution in [-0.4, -0.2) is 46.2 Å².